The number of halogens is 3. The van der Waals surface area contributed by atoms with Crippen LogP contribution in [-0.4, -0.2) is 31.6 Å². The first-order valence-electron chi connectivity index (χ1n) is 11.8. The summed E-state index contributed by atoms with van der Waals surface area (Å²) in [6.45, 7) is 0. The molecule has 0 aliphatic heterocycles. The van der Waals surface area contributed by atoms with Gasteiger partial charge in [0.1, 0.15) is 0 Å². The molecule has 1 unspecified atom stereocenters. The third-order valence-electron chi connectivity index (χ3n) is 6.67. The fourth-order valence-corrected chi connectivity index (χ4v) is 5.83. The molecule has 1 atom stereocenters. The van der Waals surface area contributed by atoms with Gasteiger partial charge in [-0.3, -0.25) is 4.79 Å². The van der Waals surface area contributed by atoms with Crippen LogP contribution in [0.3, 0.4) is 0 Å². The number of carbonyl (C=O) groups is 1. The molecule has 4 rings (SSSR count). The van der Waals surface area contributed by atoms with Crippen LogP contribution in [0.1, 0.15) is 56.1 Å². The minimum atomic E-state index is -4.81. The number of amides is 1. The van der Waals surface area contributed by atoms with Gasteiger partial charge in [-0.1, -0.05) is 49.9 Å². The average molecular weight is 511 g/mol. The number of carbonyl (C=O) groups excluding carboxylic acids is 1. The molecule has 0 heterocycles. The maximum atomic E-state index is 13.8. The quantitative estimate of drug-likeness (QED) is 0.458. The molecule has 2 aromatic rings. The van der Waals surface area contributed by atoms with Gasteiger partial charge in [0.25, 0.3) is 0 Å². The zero-order valence-corrected chi connectivity index (χ0v) is 20.0. The smallest absolute Gasteiger partial charge is 0.376 e. The lowest BCUT2D eigenvalue weighted by molar-refractivity contribution is -0.272. The lowest BCUT2D eigenvalue weighted by Crippen LogP contribution is -2.43. The monoisotopic (exact) mass is 510 g/mol. The molecule has 1 amide bonds. The third kappa shape index (κ3) is 6.23. The summed E-state index contributed by atoms with van der Waals surface area (Å²) in [5.74, 6) is -0.576. The highest BCUT2D eigenvalue weighted by Crippen LogP contribution is 2.46. The van der Waals surface area contributed by atoms with Crippen LogP contribution in [0.5, 0.6) is 0 Å². The van der Waals surface area contributed by atoms with Gasteiger partial charge in [-0.15, -0.1) is 0 Å². The van der Waals surface area contributed by atoms with Crippen molar-refractivity contribution in [1.82, 2.24) is 4.72 Å². The van der Waals surface area contributed by atoms with E-state index in [4.69, 9.17) is 0 Å². The number of rotatable bonds is 9. The van der Waals surface area contributed by atoms with Gasteiger partial charge in [-0.2, -0.15) is 13.2 Å². The lowest BCUT2D eigenvalue weighted by atomic mass is 9.83. The Morgan fingerprint density at radius 3 is 2.09 bits per heavy atom. The Balaban J connectivity index is 1.38. The standard InChI is InChI=1S/C25H29F3N2O4S/c26-25(27,28)24(32,16-18-3-1-2-4-18)19-7-9-20(10-8-19)29-23(31)15-17-5-13-22(14-6-17)35(33,34)30-21-11-12-21/h5-10,13-14,18,21,30,32H,1-4,11-12,15-16H2,(H,29,31). The second kappa shape index (κ2) is 9.91. The minimum absolute atomic E-state index is 0.00771. The van der Waals surface area contributed by atoms with Crippen LogP contribution in [0.2, 0.25) is 0 Å². The summed E-state index contributed by atoms with van der Waals surface area (Å²) in [7, 11) is -3.58. The van der Waals surface area contributed by atoms with Crippen LogP contribution in [0.25, 0.3) is 0 Å². The van der Waals surface area contributed by atoms with E-state index in [2.05, 4.69) is 10.0 Å². The van der Waals surface area contributed by atoms with Gasteiger partial charge in [0.2, 0.25) is 15.9 Å². The summed E-state index contributed by atoms with van der Waals surface area (Å²) in [5.41, 5.74) is -2.28. The molecule has 6 nitrogen and oxygen atoms in total. The Kier molecular flexibility index (Phi) is 7.26. The molecule has 2 fully saturated rings. The number of nitrogens with one attached hydrogen (secondary N) is 2. The van der Waals surface area contributed by atoms with Gasteiger partial charge in [0.15, 0.2) is 5.60 Å². The maximum Gasteiger partial charge on any atom is 0.421 e. The zero-order valence-electron chi connectivity index (χ0n) is 19.1. The van der Waals surface area contributed by atoms with E-state index in [1.165, 1.54) is 36.4 Å². The number of alkyl halides is 3. The van der Waals surface area contributed by atoms with Crippen LogP contribution in [-0.2, 0) is 26.8 Å². The van der Waals surface area contributed by atoms with Crippen molar-refractivity contribution in [2.45, 2.75) is 74.1 Å². The number of hydrogen-bond acceptors (Lipinski definition) is 4. The van der Waals surface area contributed by atoms with Crippen LogP contribution >= 0.6 is 0 Å². The van der Waals surface area contributed by atoms with E-state index in [0.717, 1.165) is 25.7 Å². The molecule has 2 aliphatic rings. The highest BCUT2D eigenvalue weighted by Gasteiger charge is 2.55. The van der Waals surface area contributed by atoms with Crippen molar-refractivity contribution in [3.05, 3.63) is 59.7 Å². The van der Waals surface area contributed by atoms with E-state index in [-0.39, 0.29) is 35.3 Å². The van der Waals surface area contributed by atoms with E-state index >= 15 is 0 Å². The van der Waals surface area contributed by atoms with Gasteiger partial charge < -0.3 is 10.4 Å². The molecular weight excluding hydrogens is 481 g/mol. The fraction of sp³-hybridized carbons (Fsp3) is 0.480. The molecule has 0 spiro atoms. The van der Waals surface area contributed by atoms with Gasteiger partial charge in [0.05, 0.1) is 11.3 Å². The van der Waals surface area contributed by atoms with Crippen LogP contribution in [0, 0.1) is 5.92 Å². The number of anilines is 1. The van der Waals surface area contributed by atoms with Crippen molar-refractivity contribution >= 4 is 21.6 Å². The van der Waals surface area contributed by atoms with Crippen LogP contribution in [0.4, 0.5) is 18.9 Å². The third-order valence-corrected chi connectivity index (χ3v) is 8.21. The highest BCUT2D eigenvalue weighted by molar-refractivity contribution is 7.89. The maximum absolute atomic E-state index is 13.8. The van der Waals surface area contributed by atoms with Crippen molar-refractivity contribution in [2.75, 3.05) is 5.32 Å². The molecule has 0 radical (unpaired) electrons. The van der Waals surface area contributed by atoms with Gasteiger partial charge in [-0.25, -0.2) is 13.1 Å². The molecule has 2 aliphatic carbocycles. The summed E-state index contributed by atoms with van der Waals surface area (Å²) < 4.78 is 68.5. The number of benzene rings is 2. The second-order valence-electron chi connectivity index (χ2n) is 9.55. The summed E-state index contributed by atoms with van der Waals surface area (Å²) in [5, 5.41) is 13.2. The van der Waals surface area contributed by atoms with Crippen molar-refractivity contribution in [1.29, 1.82) is 0 Å². The first-order chi connectivity index (χ1) is 16.5. The van der Waals surface area contributed by atoms with Crippen molar-refractivity contribution in [3.8, 4) is 0 Å². The molecule has 0 aromatic heterocycles. The summed E-state index contributed by atoms with van der Waals surface area (Å²) in [6.07, 6.45) is -0.459. The van der Waals surface area contributed by atoms with Crippen molar-refractivity contribution < 1.29 is 31.5 Å². The Hall–Kier alpha value is -2.43. The molecule has 190 valence electrons. The Labute approximate surface area is 203 Å². The molecule has 3 N–H and O–H groups in total. The van der Waals surface area contributed by atoms with E-state index < -0.39 is 27.7 Å². The second-order valence-corrected chi connectivity index (χ2v) is 11.3. The fourth-order valence-electron chi connectivity index (χ4n) is 4.52. The Bertz CT molecular complexity index is 1140. The molecule has 2 saturated carbocycles. The normalized spacial score (nSPS) is 18.9. The Morgan fingerprint density at radius 2 is 1.54 bits per heavy atom. The van der Waals surface area contributed by atoms with E-state index in [1.54, 1.807) is 12.1 Å². The summed E-state index contributed by atoms with van der Waals surface area (Å²) in [4.78, 5) is 12.5. The topological polar surface area (TPSA) is 95.5 Å². The van der Waals surface area contributed by atoms with Gasteiger partial charge >= 0.3 is 6.18 Å². The first kappa shape index (κ1) is 25.7. The molecular formula is C25H29F3N2O4S. The number of aliphatic hydroxyl groups is 1. The summed E-state index contributed by atoms with van der Waals surface area (Å²) in [6, 6.07) is 11.1. The van der Waals surface area contributed by atoms with Crippen molar-refractivity contribution in [3.63, 3.8) is 0 Å². The van der Waals surface area contributed by atoms with Crippen LogP contribution in [0.15, 0.2) is 53.4 Å². The molecule has 0 bridgehead atoms. The average Bonchev–Trinajstić information content (AvgIpc) is 3.44. The van der Waals surface area contributed by atoms with E-state index in [1.807, 2.05) is 0 Å². The predicted octanol–water partition coefficient (Wildman–Crippen LogP) is 4.64. The number of hydrogen-bond donors (Lipinski definition) is 3. The van der Waals surface area contributed by atoms with Gasteiger partial charge in [-0.05, 0) is 60.6 Å². The van der Waals surface area contributed by atoms with Crippen molar-refractivity contribution in [2.24, 2.45) is 5.92 Å². The van der Waals surface area contributed by atoms with E-state index in [9.17, 15) is 31.5 Å². The lowest BCUT2D eigenvalue weighted by Gasteiger charge is -2.33. The van der Waals surface area contributed by atoms with Gasteiger partial charge in [0, 0.05) is 11.7 Å². The molecule has 10 heteroatoms. The zero-order chi connectivity index (χ0) is 25.3. The number of sulfonamides is 1. The highest BCUT2D eigenvalue weighted by atomic mass is 32.2. The van der Waals surface area contributed by atoms with E-state index in [0.29, 0.717) is 24.1 Å². The summed E-state index contributed by atoms with van der Waals surface area (Å²) >= 11 is 0. The SMILES string of the molecule is O=C(Cc1ccc(S(=O)(=O)NC2CC2)cc1)Nc1ccc(C(O)(CC2CCCC2)C(F)(F)F)cc1. The minimum Gasteiger partial charge on any atom is -0.376 e. The molecule has 0 saturated heterocycles. The largest absolute Gasteiger partial charge is 0.421 e. The van der Waals surface area contributed by atoms with Crippen LogP contribution < -0.4 is 10.0 Å². The predicted molar refractivity (Wildman–Crippen MR) is 125 cm³/mol. The molecule has 2 aromatic carbocycles. The Morgan fingerprint density at radius 1 is 0.943 bits per heavy atom. The molecule has 35 heavy (non-hydrogen) atoms. The first-order valence-corrected chi connectivity index (χ1v) is 13.3.